The van der Waals surface area contributed by atoms with E-state index in [9.17, 15) is 4.79 Å². The van der Waals surface area contributed by atoms with Crippen molar-refractivity contribution in [2.75, 3.05) is 85.0 Å². The highest BCUT2D eigenvalue weighted by Crippen LogP contribution is 2.14. The van der Waals surface area contributed by atoms with E-state index >= 15 is 0 Å². The minimum absolute atomic E-state index is 0.128. The maximum atomic E-state index is 11.8. The van der Waals surface area contributed by atoms with Gasteiger partial charge in [-0.05, 0) is 30.7 Å². The highest BCUT2D eigenvalue weighted by atomic mass is 16.6. The number of carbonyl (C=O) groups is 1. The van der Waals surface area contributed by atoms with Gasteiger partial charge in [0.15, 0.2) is 0 Å². The third-order valence-electron chi connectivity index (χ3n) is 6.84. The van der Waals surface area contributed by atoms with E-state index < -0.39 is 0 Å². The average Bonchev–Trinajstić information content (AvgIpc) is 3.01. The van der Waals surface area contributed by atoms with Crippen LogP contribution in [0.2, 0.25) is 0 Å². The van der Waals surface area contributed by atoms with E-state index in [-0.39, 0.29) is 5.97 Å². The van der Waals surface area contributed by atoms with Crippen LogP contribution < -0.4 is 10.5 Å². The lowest BCUT2D eigenvalue weighted by Crippen LogP contribution is -2.15. The van der Waals surface area contributed by atoms with E-state index in [1.165, 1.54) is 70.6 Å². The second kappa shape index (κ2) is 31.5. The SMILES string of the molecule is CCCCCCCCCCCCCCCC(=O)OCCOCCOCCOCCOCCOCCOc1ccc(N)cc1. The molecule has 1 aromatic rings. The molecule has 0 spiro atoms. The molecule has 250 valence electrons. The van der Waals surface area contributed by atoms with Gasteiger partial charge in [-0.1, -0.05) is 84.0 Å². The zero-order chi connectivity index (χ0) is 30.9. The zero-order valence-electron chi connectivity index (χ0n) is 27.0. The molecule has 0 aromatic heterocycles. The molecule has 0 heterocycles. The molecular formula is C34H61NO8. The number of rotatable bonds is 33. The molecule has 0 unspecified atom stereocenters. The Hall–Kier alpha value is -1.91. The number of nitrogen functional groups attached to an aromatic ring is 1. The summed E-state index contributed by atoms with van der Waals surface area (Å²) in [5, 5.41) is 0. The maximum Gasteiger partial charge on any atom is 0.305 e. The fraction of sp³-hybridized carbons (Fsp3) is 0.794. The molecule has 0 aliphatic rings. The summed E-state index contributed by atoms with van der Waals surface area (Å²) in [5.74, 6) is 0.646. The van der Waals surface area contributed by atoms with Crippen LogP contribution in [0, 0.1) is 0 Å². The predicted molar refractivity (Wildman–Crippen MR) is 172 cm³/mol. The van der Waals surface area contributed by atoms with Gasteiger partial charge in [-0.3, -0.25) is 4.79 Å². The molecule has 9 heteroatoms. The monoisotopic (exact) mass is 611 g/mol. The van der Waals surface area contributed by atoms with E-state index in [1.54, 1.807) is 12.1 Å². The molecule has 0 radical (unpaired) electrons. The molecule has 0 fully saturated rings. The molecule has 1 rings (SSSR count). The van der Waals surface area contributed by atoms with Crippen LogP contribution >= 0.6 is 0 Å². The quantitative estimate of drug-likeness (QED) is 0.0524. The molecule has 0 atom stereocenters. The van der Waals surface area contributed by atoms with Crippen molar-refractivity contribution in [1.29, 1.82) is 0 Å². The second-order valence-electron chi connectivity index (χ2n) is 10.7. The smallest absolute Gasteiger partial charge is 0.305 e. The third-order valence-corrected chi connectivity index (χ3v) is 6.84. The predicted octanol–water partition coefficient (Wildman–Crippen LogP) is 6.76. The van der Waals surface area contributed by atoms with E-state index in [1.807, 2.05) is 12.1 Å². The lowest BCUT2D eigenvalue weighted by atomic mass is 10.0. The Morgan fingerprint density at radius 3 is 1.33 bits per heavy atom. The first-order valence-electron chi connectivity index (χ1n) is 16.7. The van der Waals surface area contributed by atoms with Crippen molar-refractivity contribution < 1.29 is 38.0 Å². The number of hydrogen-bond acceptors (Lipinski definition) is 9. The van der Waals surface area contributed by atoms with Crippen LogP contribution in [0.1, 0.15) is 96.8 Å². The minimum Gasteiger partial charge on any atom is -0.491 e. The van der Waals surface area contributed by atoms with Gasteiger partial charge < -0.3 is 38.9 Å². The van der Waals surface area contributed by atoms with Crippen LogP contribution in [0.4, 0.5) is 5.69 Å². The van der Waals surface area contributed by atoms with E-state index in [0.717, 1.165) is 18.6 Å². The first-order valence-corrected chi connectivity index (χ1v) is 16.7. The summed E-state index contributed by atoms with van der Waals surface area (Å²) in [6.07, 6.45) is 17.4. The van der Waals surface area contributed by atoms with Gasteiger partial charge in [0.05, 0.1) is 66.1 Å². The Balaban J connectivity index is 1.68. The van der Waals surface area contributed by atoms with E-state index in [4.69, 9.17) is 38.9 Å². The van der Waals surface area contributed by atoms with Crippen molar-refractivity contribution in [3.8, 4) is 5.75 Å². The molecule has 0 amide bonds. The van der Waals surface area contributed by atoms with Crippen LogP contribution in [0.15, 0.2) is 24.3 Å². The number of nitrogens with two attached hydrogens (primary N) is 1. The minimum atomic E-state index is -0.128. The van der Waals surface area contributed by atoms with Gasteiger partial charge in [-0.25, -0.2) is 0 Å². The fourth-order valence-electron chi connectivity index (χ4n) is 4.34. The van der Waals surface area contributed by atoms with E-state index in [2.05, 4.69) is 6.92 Å². The van der Waals surface area contributed by atoms with Crippen LogP contribution in [0.3, 0.4) is 0 Å². The molecule has 0 aliphatic carbocycles. The summed E-state index contributed by atoms with van der Waals surface area (Å²) >= 11 is 0. The number of carbonyl (C=O) groups excluding carboxylic acids is 1. The number of hydrogen-bond donors (Lipinski definition) is 1. The van der Waals surface area contributed by atoms with Gasteiger partial charge in [0.1, 0.15) is 19.0 Å². The van der Waals surface area contributed by atoms with Crippen molar-refractivity contribution in [3.05, 3.63) is 24.3 Å². The Morgan fingerprint density at radius 1 is 0.512 bits per heavy atom. The molecule has 43 heavy (non-hydrogen) atoms. The topological polar surface area (TPSA) is 108 Å². The number of unbranched alkanes of at least 4 members (excludes halogenated alkanes) is 12. The van der Waals surface area contributed by atoms with Crippen molar-refractivity contribution in [2.45, 2.75) is 96.8 Å². The fourth-order valence-corrected chi connectivity index (χ4v) is 4.34. The Morgan fingerprint density at radius 2 is 0.884 bits per heavy atom. The van der Waals surface area contributed by atoms with Crippen molar-refractivity contribution in [2.24, 2.45) is 0 Å². The highest BCUT2D eigenvalue weighted by molar-refractivity contribution is 5.69. The summed E-state index contributed by atoms with van der Waals surface area (Å²) in [6, 6.07) is 7.27. The Labute approximate surface area is 261 Å². The number of anilines is 1. The second-order valence-corrected chi connectivity index (χ2v) is 10.7. The number of benzene rings is 1. The molecule has 9 nitrogen and oxygen atoms in total. The largest absolute Gasteiger partial charge is 0.491 e. The number of esters is 1. The molecule has 0 aliphatic heterocycles. The van der Waals surface area contributed by atoms with Crippen molar-refractivity contribution in [3.63, 3.8) is 0 Å². The summed E-state index contributed by atoms with van der Waals surface area (Å²) in [4.78, 5) is 11.8. The molecule has 0 saturated carbocycles. The molecular weight excluding hydrogens is 550 g/mol. The average molecular weight is 612 g/mol. The molecule has 0 saturated heterocycles. The number of ether oxygens (including phenoxy) is 7. The summed E-state index contributed by atoms with van der Waals surface area (Å²) in [5.41, 5.74) is 6.35. The van der Waals surface area contributed by atoms with Gasteiger partial charge in [0.25, 0.3) is 0 Å². The Kier molecular flexibility index (Phi) is 28.7. The van der Waals surface area contributed by atoms with Crippen molar-refractivity contribution >= 4 is 11.7 Å². The highest BCUT2D eigenvalue weighted by Gasteiger charge is 2.03. The van der Waals surface area contributed by atoms with Gasteiger partial charge in [-0.15, -0.1) is 0 Å². The van der Waals surface area contributed by atoms with Crippen LogP contribution in [-0.2, 0) is 33.2 Å². The van der Waals surface area contributed by atoms with E-state index in [0.29, 0.717) is 91.4 Å². The normalized spacial score (nSPS) is 11.2. The van der Waals surface area contributed by atoms with Crippen molar-refractivity contribution in [1.82, 2.24) is 0 Å². The van der Waals surface area contributed by atoms with Gasteiger partial charge in [-0.2, -0.15) is 0 Å². The Bertz CT molecular complexity index is 719. The zero-order valence-corrected chi connectivity index (χ0v) is 27.0. The first kappa shape index (κ1) is 39.1. The van der Waals surface area contributed by atoms with Gasteiger partial charge in [0.2, 0.25) is 0 Å². The van der Waals surface area contributed by atoms with Gasteiger partial charge in [0, 0.05) is 12.1 Å². The van der Waals surface area contributed by atoms with Crippen LogP contribution in [0.5, 0.6) is 5.75 Å². The lowest BCUT2D eigenvalue weighted by Gasteiger charge is -2.09. The summed E-state index contributed by atoms with van der Waals surface area (Å²) < 4.78 is 38.1. The van der Waals surface area contributed by atoms with Crippen LogP contribution in [-0.4, -0.2) is 85.3 Å². The first-order chi connectivity index (χ1) is 21.2. The standard InChI is InChI=1S/C34H61NO8/c1-2-3-4-5-6-7-8-9-10-11-12-13-14-15-34(36)43-31-29-41-27-25-39-23-21-37-20-22-38-24-26-40-28-30-42-33-18-16-32(35)17-19-33/h16-19H,2-15,20-31,35H2,1H3. The molecule has 0 bridgehead atoms. The molecule has 1 aromatic carbocycles. The lowest BCUT2D eigenvalue weighted by molar-refractivity contribution is -0.145. The third kappa shape index (κ3) is 28.6. The van der Waals surface area contributed by atoms with Gasteiger partial charge >= 0.3 is 5.97 Å². The maximum absolute atomic E-state index is 11.8. The van der Waals surface area contributed by atoms with Crippen LogP contribution in [0.25, 0.3) is 0 Å². The summed E-state index contributed by atoms with van der Waals surface area (Å²) in [7, 11) is 0. The molecule has 2 N–H and O–H groups in total. The summed E-state index contributed by atoms with van der Waals surface area (Å²) in [6.45, 7) is 7.88.